The van der Waals surface area contributed by atoms with Crippen LogP contribution in [0.4, 0.5) is 8.78 Å². The molecule has 0 aromatic carbocycles. The van der Waals surface area contributed by atoms with Crippen LogP contribution in [-0.4, -0.2) is 64.6 Å². The molecule has 2 aliphatic rings. The van der Waals surface area contributed by atoms with Gasteiger partial charge in [-0.05, 0) is 26.3 Å². The molecular formula is C15H21F2N3O2. The van der Waals surface area contributed by atoms with Gasteiger partial charge in [0, 0.05) is 31.6 Å². The maximum Gasteiger partial charge on any atom is 0.264 e. The Balaban J connectivity index is 2.14. The molecule has 0 spiro atoms. The van der Waals surface area contributed by atoms with Gasteiger partial charge in [0.2, 0.25) is 0 Å². The van der Waals surface area contributed by atoms with E-state index in [9.17, 15) is 23.9 Å². The summed E-state index contributed by atoms with van der Waals surface area (Å²) in [4.78, 5) is 15.3. The highest BCUT2D eigenvalue weighted by molar-refractivity contribution is 5.97. The lowest BCUT2D eigenvalue weighted by Crippen LogP contribution is -2.43. The first-order chi connectivity index (χ1) is 10.1. The molecule has 2 aliphatic heterocycles. The number of hydrogen-bond donors (Lipinski definition) is 1. The Morgan fingerprint density at radius 2 is 2.14 bits per heavy atom. The molecule has 1 atom stereocenters. The monoisotopic (exact) mass is 313 g/mol. The van der Waals surface area contributed by atoms with Crippen LogP contribution in [0.25, 0.3) is 0 Å². The van der Waals surface area contributed by atoms with Crippen LogP contribution in [0.2, 0.25) is 0 Å². The van der Waals surface area contributed by atoms with Gasteiger partial charge >= 0.3 is 0 Å². The highest BCUT2D eigenvalue weighted by atomic mass is 19.3. The highest BCUT2D eigenvalue weighted by Gasteiger charge is 2.43. The Morgan fingerprint density at radius 1 is 1.45 bits per heavy atom. The van der Waals surface area contributed by atoms with Crippen molar-refractivity contribution >= 4 is 5.91 Å². The van der Waals surface area contributed by atoms with Crippen molar-refractivity contribution in [2.24, 2.45) is 0 Å². The molecule has 7 heteroatoms. The van der Waals surface area contributed by atoms with Gasteiger partial charge in [-0.2, -0.15) is 5.26 Å². The summed E-state index contributed by atoms with van der Waals surface area (Å²) in [6.07, 6.45) is 1.18. The molecule has 5 nitrogen and oxygen atoms in total. The molecule has 2 saturated heterocycles. The fraction of sp³-hybridized carbons (Fsp3) is 0.733. The number of rotatable bonds is 3. The van der Waals surface area contributed by atoms with E-state index in [0.29, 0.717) is 13.0 Å². The topological polar surface area (TPSA) is 67.6 Å². The third-order valence-electron chi connectivity index (χ3n) is 4.28. The summed E-state index contributed by atoms with van der Waals surface area (Å²) in [5, 5.41) is 18.7. The number of likely N-dealkylation sites (tertiary alicyclic amines) is 2. The van der Waals surface area contributed by atoms with Crippen LogP contribution in [0, 0.1) is 11.3 Å². The molecule has 0 aliphatic carbocycles. The van der Waals surface area contributed by atoms with Crippen LogP contribution in [0.1, 0.15) is 26.7 Å². The van der Waals surface area contributed by atoms with Crippen molar-refractivity contribution in [1.82, 2.24) is 9.80 Å². The van der Waals surface area contributed by atoms with E-state index >= 15 is 0 Å². The highest BCUT2D eigenvalue weighted by Crippen LogP contribution is 2.33. The number of aliphatic hydroxyl groups is 1. The summed E-state index contributed by atoms with van der Waals surface area (Å²) in [6.45, 7) is 3.91. The molecule has 2 fully saturated rings. The van der Waals surface area contributed by atoms with Crippen molar-refractivity contribution in [2.45, 2.75) is 44.3 Å². The van der Waals surface area contributed by atoms with Crippen molar-refractivity contribution in [1.29, 1.82) is 5.26 Å². The Bertz CT molecular complexity index is 525. The molecule has 22 heavy (non-hydrogen) atoms. The normalized spacial score (nSPS) is 26.3. The molecule has 0 saturated carbocycles. The predicted molar refractivity (Wildman–Crippen MR) is 76.1 cm³/mol. The van der Waals surface area contributed by atoms with Gasteiger partial charge in [0.25, 0.3) is 11.8 Å². The fourth-order valence-electron chi connectivity index (χ4n) is 2.91. The van der Waals surface area contributed by atoms with Crippen LogP contribution in [0.3, 0.4) is 0 Å². The molecule has 0 aromatic rings. The second kappa shape index (κ2) is 5.94. The largest absolute Gasteiger partial charge is 0.391 e. The van der Waals surface area contributed by atoms with E-state index in [-0.39, 0.29) is 31.6 Å². The van der Waals surface area contributed by atoms with Crippen molar-refractivity contribution in [3.63, 3.8) is 0 Å². The molecule has 122 valence electrons. The van der Waals surface area contributed by atoms with Gasteiger partial charge in [-0.25, -0.2) is 8.78 Å². The minimum atomic E-state index is -2.72. The van der Waals surface area contributed by atoms with Crippen LogP contribution >= 0.6 is 0 Å². The summed E-state index contributed by atoms with van der Waals surface area (Å²) in [6, 6.07) is 1.87. The Labute approximate surface area is 128 Å². The smallest absolute Gasteiger partial charge is 0.264 e. The molecule has 1 N–H and O–H groups in total. The zero-order chi connectivity index (χ0) is 16.5. The average Bonchev–Trinajstić information content (AvgIpc) is 3.01. The van der Waals surface area contributed by atoms with Crippen molar-refractivity contribution in [2.75, 3.05) is 26.2 Å². The molecule has 2 heterocycles. The first-order valence-corrected chi connectivity index (χ1v) is 7.38. The average molecular weight is 313 g/mol. The molecule has 0 radical (unpaired) electrons. The Morgan fingerprint density at radius 3 is 2.59 bits per heavy atom. The van der Waals surface area contributed by atoms with E-state index in [1.54, 1.807) is 18.7 Å². The lowest BCUT2D eigenvalue weighted by Gasteiger charge is -2.33. The minimum Gasteiger partial charge on any atom is -0.391 e. The van der Waals surface area contributed by atoms with Gasteiger partial charge < -0.3 is 10.0 Å². The molecule has 0 aromatic heterocycles. The Kier molecular flexibility index (Phi) is 4.54. The molecule has 2 rings (SSSR count). The van der Waals surface area contributed by atoms with Gasteiger partial charge in [0.15, 0.2) is 0 Å². The van der Waals surface area contributed by atoms with Gasteiger partial charge in [0.05, 0.1) is 12.6 Å². The first-order valence-electron chi connectivity index (χ1n) is 7.38. The van der Waals surface area contributed by atoms with Crippen LogP contribution < -0.4 is 0 Å². The first kappa shape index (κ1) is 16.8. The number of nitrogens with zero attached hydrogens (tertiary/aromatic N) is 3. The van der Waals surface area contributed by atoms with Crippen molar-refractivity contribution < 1.29 is 18.7 Å². The lowest BCUT2D eigenvalue weighted by atomic mass is 9.99. The number of carbonyl (C=O) groups excluding carboxylic acids is 1. The number of halogens is 2. The van der Waals surface area contributed by atoms with Gasteiger partial charge in [-0.1, -0.05) is 0 Å². The number of hydrogen-bond acceptors (Lipinski definition) is 4. The van der Waals surface area contributed by atoms with Crippen LogP contribution in [0.5, 0.6) is 0 Å². The Hall–Kier alpha value is -1.52. The van der Waals surface area contributed by atoms with E-state index in [1.165, 1.54) is 11.0 Å². The van der Waals surface area contributed by atoms with Gasteiger partial charge in [0.1, 0.15) is 11.6 Å². The molecule has 0 unspecified atom stereocenters. The summed E-state index contributed by atoms with van der Waals surface area (Å²) >= 11 is 0. The number of alkyl halides is 2. The standard InChI is InChI=1S/C15H21F2N3O2/c1-14(2,20-6-4-15(16,17)10-20)7-11(8-18)13(22)19-5-3-12(21)9-19/h7,12,21H,3-6,9-10H2,1-2H3/t12-/m0/s1. The van der Waals surface area contributed by atoms with E-state index in [2.05, 4.69) is 0 Å². The summed E-state index contributed by atoms with van der Waals surface area (Å²) in [5.74, 6) is -3.17. The van der Waals surface area contributed by atoms with Gasteiger partial charge in [-0.15, -0.1) is 0 Å². The van der Waals surface area contributed by atoms with Crippen molar-refractivity contribution in [3.05, 3.63) is 11.6 Å². The molecule has 0 bridgehead atoms. The summed E-state index contributed by atoms with van der Waals surface area (Å²) in [5.41, 5.74) is -0.867. The molecular weight excluding hydrogens is 292 g/mol. The maximum atomic E-state index is 13.4. The lowest BCUT2D eigenvalue weighted by molar-refractivity contribution is -0.126. The zero-order valence-electron chi connectivity index (χ0n) is 12.9. The second-order valence-electron chi connectivity index (χ2n) is 6.54. The van der Waals surface area contributed by atoms with Crippen LogP contribution in [-0.2, 0) is 4.79 Å². The quantitative estimate of drug-likeness (QED) is 0.627. The predicted octanol–water partition coefficient (Wildman–Crippen LogP) is 1.15. The number of carbonyl (C=O) groups is 1. The van der Waals surface area contributed by atoms with Crippen molar-refractivity contribution in [3.8, 4) is 6.07 Å². The second-order valence-corrected chi connectivity index (χ2v) is 6.54. The molecule has 1 amide bonds. The van der Waals surface area contributed by atoms with E-state index in [1.807, 2.05) is 6.07 Å². The third kappa shape index (κ3) is 3.62. The van der Waals surface area contributed by atoms with Gasteiger partial charge in [-0.3, -0.25) is 9.69 Å². The van der Waals surface area contributed by atoms with E-state index in [0.717, 1.165) is 0 Å². The SMILES string of the molecule is CC(C)(C=C(C#N)C(=O)N1CC[C@H](O)C1)N1CCC(F)(F)C1. The summed E-state index contributed by atoms with van der Waals surface area (Å²) in [7, 11) is 0. The van der Waals surface area contributed by atoms with Crippen LogP contribution in [0.15, 0.2) is 11.6 Å². The number of β-amino-alcohol motifs (C(OH)–C–C–N with tert-alkyl or cyclic N) is 1. The number of amides is 1. The summed E-state index contributed by atoms with van der Waals surface area (Å²) < 4.78 is 26.7. The van der Waals surface area contributed by atoms with E-state index in [4.69, 9.17) is 0 Å². The minimum absolute atomic E-state index is 0.0608. The van der Waals surface area contributed by atoms with E-state index < -0.39 is 23.5 Å². The number of nitriles is 1. The fourth-order valence-corrected chi connectivity index (χ4v) is 2.91. The maximum absolute atomic E-state index is 13.4. The third-order valence-corrected chi connectivity index (χ3v) is 4.28. The number of aliphatic hydroxyl groups excluding tert-OH is 1. The zero-order valence-corrected chi connectivity index (χ0v) is 12.9.